The molecule has 1 atom stereocenters. The molecule has 2 aromatic rings. The Hall–Kier alpha value is -2.14. The highest BCUT2D eigenvalue weighted by Gasteiger charge is 2.30. The minimum atomic E-state index is -0.0218. The number of ether oxygens (including phenoxy) is 2. The van der Waals surface area contributed by atoms with Gasteiger partial charge in [-0.1, -0.05) is 24.3 Å². The van der Waals surface area contributed by atoms with Crippen molar-refractivity contribution in [2.45, 2.75) is 23.1 Å². The molecule has 5 heteroatoms. The molecule has 2 heterocycles. The highest BCUT2D eigenvalue weighted by Crippen LogP contribution is 2.38. The van der Waals surface area contributed by atoms with Gasteiger partial charge in [0.1, 0.15) is 0 Å². The summed E-state index contributed by atoms with van der Waals surface area (Å²) in [6, 6.07) is 14.1. The van der Waals surface area contributed by atoms with Crippen molar-refractivity contribution in [3.8, 4) is 11.5 Å². The summed E-state index contributed by atoms with van der Waals surface area (Å²) in [6.07, 6.45) is 0.811. The number of carbonyl (C=O) groups is 1. The predicted octanol–water partition coefficient (Wildman–Crippen LogP) is 3.09. The third kappa shape index (κ3) is 2.77. The van der Waals surface area contributed by atoms with E-state index >= 15 is 0 Å². The van der Waals surface area contributed by atoms with Crippen molar-refractivity contribution in [2.24, 2.45) is 0 Å². The van der Waals surface area contributed by atoms with Crippen LogP contribution in [0.25, 0.3) is 0 Å². The lowest BCUT2D eigenvalue weighted by Crippen LogP contribution is -2.34. The number of hydrogen-bond donors (Lipinski definition) is 0. The number of carbonyl (C=O) groups excluding carboxylic acids is 1. The first-order valence-corrected chi connectivity index (χ1v) is 8.47. The summed E-state index contributed by atoms with van der Waals surface area (Å²) in [5, 5.41) is -0.0218. The molecular formula is C18H17NO3S. The Balaban J connectivity index is 1.43. The highest BCUT2D eigenvalue weighted by atomic mass is 32.2. The molecule has 0 aliphatic carbocycles. The van der Waals surface area contributed by atoms with Gasteiger partial charge < -0.3 is 14.4 Å². The van der Waals surface area contributed by atoms with Gasteiger partial charge in [-0.05, 0) is 35.7 Å². The van der Waals surface area contributed by atoms with E-state index in [1.54, 1.807) is 16.7 Å². The summed E-state index contributed by atoms with van der Waals surface area (Å²) in [6.45, 7) is 0.841. The molecule has 1 unspecified atom stereocenters. The smallest absolute Gasteiger partial charge is 0.236 e. The number of thioether (sulfide) groups is 1. The quantitative estimate of drug-likeness (QED) is 0.868. The first-order valence-electron chi connectivity index (χ1n) is 7.59. The Bertz CT molecular complexity index is 737. The van der Waals surface area contributed by atoms with Crippen molar-refractivity contribution in [3.63, 3.8) is 0 Å². The van der Waals surface area contributed by atoms with Crippen molar-refractivity contribution in [1.29, 1.82) is 0 Å². The zero-order valence-corrected chi connectivity index (χ0v) is 13.6. The van der Waals surface area contributed by atoms with Crippen molar-refractivity contribution >= 4 is 17.7 Å². The first kappa shape index (κ1) is 14.5. The summed E-state index contributed by atoms with van der Waals surface area (Å²) in [4.78, 5) is 15.7. The zero-order valence-electron chi connectivity index (χ0n) is 12.8. The molecule has 0 saturated heterocycles. The van der Waals surface area contributed by atoms with Crippen molar-refractivity contribution in [3.05, 3.63) is 53.6 Å². The van der Waals surface area contributed by atoms with Gasteiger partial charge in [0.2, 0.25) is 12.7 Å². The molecule has 4 rings (SSSR count). The first-order chi connectivity index (χ1) is 11.2. The van der Waals surface area contributed by atoms with Gasteiger partial charge in [-0.3, -0.25) is 4.79 Å². The number of amides is 1. The van der Waals surface area contributed by atoms with Crippen LogP contribution in [0.15, 0.2) is 47.4 Å². The maximum Gasteiger partial charge on any atom is 0.236 e. The average molecular weight is 327 g/mol. The van der Waals surface area contributed by atoms with E-state index < -0.39 is 0 Å². The lowest BCUT2D eigenvalue weighted by Gasteiger charge is -2.20. The lowest BCUT2D eigenvalue weighted by molar-refractivity contribution is -0.129. The maximum atomic E-state index is 12.7. The minimum Gasteiger partial charge on any atom is -0.454 e. The molecule has 0 spiro atoms. The van der Waals surface area contributed by atoms with Crippen LogP contribution in [-0.2, 0) is 17.8 Å². The maximum absolute atomic E-state index is 12.7. The van der Waals surface area contributed by atoms with Gasteiger partial charge in [0.25, 0.3) is 0 Å². The van der Waals surface area contributed by atoms with Gasteiger partial charge in [-0.2, -0.15) is 0 Å². The Morgan fingerprint density at radius 3 is 2.91 bits per heavy atom. The molecule has 2 aliphatic rings. The third-order valence-corrected chi connectivity index (χ3v) is 5.46. The van der Waals surface area contributed by atoms with Crippen LogP contribution in [-0.4, -0.2) is 29.9 Å². The molecule has 0 bridgehead atoms. The van der Waals surface area contributed by atoms with Crippen molar-refractivity contribution < 1.29 is 14.3 Å². The summed E-state index contributed by atoms with van der Waals surface area (Å²) in [7, 11) is 1.86. The van der Waals surface area contributed by atoms with E-state index in [4.69, 9.17) is 9.47 Å². The van der Waals surface area contributed by atoms with Gasteiger partial charge in [0.05, 0.1) is 5.25 Å². The zero-order chi connectivity index (χ0) is 15.8. The SMILES string of the molecule is CN(Cc1ccc2c(c1)OCO2)C(=O)C1Cc2ccccc2S1. The minimum absolute atomic E-state index is 0.0218. The molecule has 2 aromatic carbocycles. The Labute approximate surface area is 139 Å². The van der Waals surface area contributed by atoms with Gasteiger partial charge in [0.15, 0.2) is 11.5 Å². The van der Waals surface area contributed by atoms with E-state index in [0.717, 1.165) is 23.5 Å². The van der Waals surface area contributed by atoms with Crippen LogP contribution in [0.2, 0.25) is 0 Å². The second kappa shape index (κ2) is 5.81. The molecule has 118 valence electrons. The van der Waals surface area contributed by atoms with E-state index in [1.807, 2.05) is 37.4 Å². The topological polar surface area (TPSA) is 38.8 Å². The summed E-state index contributed by atoms with van der Waals surface area (Å²) >= 11 is 1.67. The fourth-order valence-electron chi connectivity index (χ4n) is 2.96. The Kier molecular flexibility index (Phi) is 3.65. The third-order valence-electron chi connectivity index (χ3n) is 4.16. The Morgan fingerprint density at radius 2 is 2.04 bits per heavy atom. The number of nitrogens with zero attached hydrogens (tertiary/aromatic N) is 1. The molecule has 0 saturated carbocycles. The van der Waals surface area contributed by atoms with Gasteiger partial charge in [-0.25, -0.2) is 0 Å². The molecule has 0 radical (unpaired) electrons. The second-order valence-electron chi connectivity index (χ2n) is 5.80. The summed E-state index contributed by atoms with van der Waals surface area (Å²) < 4.78 is 10.7. The van der Waals surface area contributed by atoms with Crippen LogP contribution < -0.4 is 9.47 Å². The van der Waals surface area contributed by atoms with Gasteiger partial charge in [-0.15, -0.1) is 11.8 Å². The van der Waals surface area contributed by atoms with Gasteiger partial charge >= 0.3 is 0 Å². The van der Waals surface area contributed by atoms with Gasteiger partial charge in [0, 0.05) is 18.5 Å². The number of rotatable bonds is 3. The largest absolute Gasteiger partial charge is 0.454 e. The van der Waals surface area contributed by atoms with E-state index in [1.165, 1.54) is 10.5 Å². The molecule has 0 N–H and O–H groups in total. The van der Waals surface area contributed by atoms with Crippen LogP contribution in [0.5, 0.6) is 11.5 Å². The predicted molar refractivity (Wildman–Crippen MR) is 88.8 cm³/mol. The number of benzene rings is 2. The van der Waals surface area contributed by atoms with Crippen LogP contribution >= 0.6 is 11.8 Å². The lowest BCUT2D eigenvalue weighted by atomic mass is 10.1. The van der Waals surface area contributed by atoms with Crippen LogP contribution in [0.1, 0.15) is 11.1 Å². The monoisotopic (exact) mass is 327 g/mol. The van der Waals surface area contributed by atoms with Crippen molar-refractivity contribution in [2.75, 3.05) is 13.8 Å². The molecule has 1 amide bonds. The standard InChI is InChI=1S/C18H17NO3S/c1-19(10-12-6-7-14-15(8-12)22-11-21-14)18(20)17-9-13-4-2-3-5-16(13)23-17/h2-8,17H,9-11H2,1H3. The normalized spacial score (nSPS) is 17.9. The van der Waals surface area contributed by atoms with E-state index in [2.05, 4.69) is 12.1 Å². The van der Waals surface area contributed by atoms with E-state index in [0.29, 0.717) is 6.54 Å². The summed E-state index contributed by atoms with van der Waals surface area (Å²) in [5.74, 6) is 1.69. The van der Waals surface area contributed by atoms with Crippen LogP contribution in [0.3, 0.4) is 0 Å². The summed E-state index contributed by atoms with van der Waals surface area (Å²) in [5.41, 5.74) is 2.32. The van der Waals surface area contributed by atoms with Crippen LogP contribution in [0.4, 0.5) is 0 Å². The Morgan fingerprint density at radius 1 is 1.22 bits per heavy atom. The van der Waals surface area contributed by atoms with E-state index in [-0.39, 0.29) is 18.0 Å². The fraction of sp³-hybridized carbons (Fsp3) is 0.278. The number of fused-ring (bicyclic) bond motifs is 2. The molecule has 23 heavy (non-hydrogen) atoms. The number of hydrogen-bond acceptors (Lipinski definition) is 4. The van der Waals surface area contributed by atoms with Crippen LogP contribution in [0, 0.1) is 0 Å². The second-order valence-corrected chi connectivity index (χ2v) is 7.04. The van der Waals surface area contributed by atoms with E-state index in [9.17, 15) is 4.79 Å². The molecular weight excluding hydrogens is 310 g/mol. The van der Waals surface area contributed by atoms with Crippen molar-refractivity contribution in [1.82, 2.24) is 4.90 Å². The molecule has 4 nitrogen and oxygen atoms in total. The fourth-order valence-corrected chi connectivity index (χ4v) is 4.27. The highest BCUT2D eigenvalue weighted by molar-refractivity contribution is 8.01. The molecule has 2 aliphatic heterocycles. The average Bonchev–Trinajstić information content (AvgIpc) is 3.19. The molecule has 0 fully saturated rings. The molecule has 0 aromatic heterocycles.